The molecule has 0 amide bonds. The Kier molecular flexibility index (Phi) is 19.9. The topological polar surface area (TPSA) is 36.9 Å². The van der Waals surface area contributed by atoms with E-state index in [2.05, 4.69) is 24.7 Å². The van der Waals surface area contributed by atoms with Crippen LogP contribution in [0.1, 0.15) is 34.1 Å². The van der Waals surface area contributed by atoms with Crippen LogP contribution < -0.4 is 0 Å². The van der Waals surface area contributed by atoms with Crippen LogP contribution in [0.2, 0.25) is 6.04 Å². The highest BCUT2D eigenvalue weighted by Crippen LogP contribution is 2.18. The van der Waals surface area contributed by atoms with Gasteiger partial charge < -0.3 is 17.7 Å². The largest absolute Gasteiger partial charge is 0.500 e. The first-order valence-electron chi connectivity index (χ1n) is 6.87. The van der Waals surface area contributed by atoms with Crippen LogP contribution in [-0.4, -0.2) is 49.9 Å². The summed E-state index contributed by atoms with van der Waals surface area (Å²) in [6.07, 6.45) is 0.981. The first-order valence-corrected chi connectivity index (χ1v) is 12.5. The van der Waals surface area contributed by atoms with Crippen LogP contribution in [0.25, 0.3) is 0 Å². The van der Waals surface area contributed by atoms with Crippen molar-refractivity contribution in [1.82, 2.24) is 0 Å². The van der Waals surface area contributed by atoms with Crippen molar-refractivity contribution < 1.29 is 17.7 Å². The molecule has 0 aliphatic heterocycles. The van der Waals surface area contributed by atoms with Crippen LogP contribution >= 0.6 is 24.7 Å². The van der Waals surface area contributed by atoms with Gasteiger partial charge in [0.15, 0.2) is 0 Å². The molecule has 0 saturated carbocycles. The molecule has 0 aliphatic carbocycles. The molecule has 0 heterocycles. The van der Waals surface area contributed by atoms with E-state index in [1.807, 2.05) is 27.7 Å². The third-order valence-corrected chi connectivity index (χ3v) is 6.64. The highest BCUT2D eigenvalue weighted by molar-refractivity contribution is 8.06. The van der Waals surface area contributed by atoms with Crippen molar-refractivity contribution in [1.29, 1.82) is 0 Å². The van der Waals surface area contributed by atoms with E-state index in [-0.39, 0.29) is 0 Å². The maximum absolute atomic E-state index is 5.67. The molecule has 0 unspecified atom stereocenters. The summed E-state index contributed by atoms with van der Waals surface area (Å²) in [6.45, 7) is 10.7. The van der Waals surface area contributed by atoms with Gasteiger partial charge in [0, 0.05) is 32.5 Å². The van der Waals surface area contributed by atoms with Crippen LogP contribution in [-0.2, 0) is 17.7 Å². The number of thiol groups is 2. The zero-order valence-electron chi connectivity index (χ0n) is 12.7. The fraction of sp³-hybridized carbons (Fsp3) is 1.00. The summed E-state index contributed by atoms with van der Waals surface area (Å²) in [5.41, 5.74) is 0. The maximum atomic E-state index is 5.67. The number of hydrogen-bond acceptors (Lipinski definition) is 6. The number of rotatable bonds is 11. The van der Waals surface area contributed by atoms with Crippen molar-refractivity contribution in [3.05, 3.63) is 0 Å². The van der Waals surface area contributed by atoms with Gasteiger partial charge >= 0.3 is 8.80 Å². The molecule has 0 aromatic carbocycles. The van der Waals surface area contributed by atoms with E-state index in [0.29, 0.717) is 19.8 Å². The Hall–Kier alpha value is 0.974. The van der Waals surface area contributed by atoms with Crippen molar-refractivity contribution in [2.45, 2.75) is 40.2 Å². The average Bonchev–Trinajstić information content (AvgIpc) is 2.39. The van der Waals surface area contributed by atoms with E-state index in [4.69, 9.17) is 17.7 Å². The van der Waals surface area contributed by atoms with Gasteiger partial charge in [-0.05, 0) is 39.9 Å². The third-order valence-electron chi connectivity index (χ3n) is 2.03. The predicted molar refractivity (Wildman–Crippen MR) is 93.1 cm³/mol. The van der Waals surface area contributed by atoms with Crippen molar-refractivity contribution in [2.24, 2.45) is 0 Å². The van der Waals surface area contributed by atoms with E-state index in [9.17, 15) is 0 Å². The Balaban J connectivity index is 0. The molecular formula is C11H30O4S2Si2. The molecule has 0 aliphatic rings. The molecule has 0 aromatic rings. The fourth-order valence-corrected chi connectivity index (χ4v) is 5.19. The molecule has 0 rings (SSSR count). The quantitative estimate of drug-likeness (QED) is 0.445. The molecule has 0 atom stereocenters. The van der Waals surface area contributed by atoms with E-state index >= 15 is 0 Å². The summed E-state index contributed by atoms with van der Waals surface area (Å²) >= 11 is 8.11. The molecule has 0 saturated heterocycles. The third kappa shape index (κ3) is 13.7. The van der Waals surface area contributed by atoms with Gasteiger partial charge in [-0.1, -0.05) is 0 Å². The number of hydrogen-bond donors (Lipinski definition) is 2. The lowest BCUT2D eigenvalue weighted by atomic mass is 10.6. The van der Waals surface area contributed by atoms with Crippen molar-refractivity contribution in [3.8, 4) is 0 Å². The summed E-state index contributed by atoms with van der Waals surface area (Å²) in [7, 11) is -2.76. The van der Waals surface area contributed by atoms with E-state index in [1.54, 1.807) is 0 Å². The van der Waals surface area contributed by atoms with Crippen molar-refractivity contribution >= 4 is 42.4 Å². The highest BCUT2D eigenvalue weighted by Gasteiger charge is 2.39. The molecule has 0 radical (unpaired) electrons. The van der Waals surface area contributed by atoms with Gasteiger partial charge in [-0.15, -0.1) is 0 Å². The zero-order chi connectivity index (χ0) is 15.0. The molecule has 0 aromatic heterocycles. The molecule has 0 N–H and O–H groups in total. The summed E-state index contributed by atoms with van der Waals surface area (Å²) in [6, 6.07) is 0.867. The zero-order valence-corrected chi connectivity index (χ0v) is 16.9. The van der Waals surface area contributed by atoms with Gasteiger partial charge in [0.25, 0.3) is 0 Å². The predicted octanol–water partition coefficient (Wildman–Crippen LogP) is 2.31. The van der Waals surface area contributed by atoms with E-state index in [1.165, 1.54) is 0 Å². The molecule has 8 heteroatoms. The molecule has 19 heavy (non-hydrogen) atoms. The smallest absolute Gasteiger partial charge is 0.413 e. The summed E-state index contributed by atoms with van der Waals surface area (Å²) in [4.78, 5) is 0. The summed E-state index contributed by atoms with van der Waals surface area (Å²) < 4.78 is 21.9. The molecule has 0 spiro atoms. The Morgan fingerprint density at radius 2 is 1.37 bits per heavy atom. The maximum Gasteiger partial charge on any atom is 0.500 e. The van der Waals surface area contributed by atoms with Crippen molar-refractivity contribution in [2.75, 3.05) is 32.2 Å². The SMILES string of the molecule is CCO[SiH2]S.CCO[Si](CCCS)(OCC)OCC. The van der Waals surface area contributed by atoms with Gasteiger partial charge in [-0.25, -0.2) is 0 Å². The lowest BCUT2D eigenvalue weighted by Crippen LogP contribution is -2.46. The molecular weight excluding hydrogens is 316 g/mol. The normalized spacial score (nSPS) is 11.7. The second-order valence-electron chi connectivity index (χ2n) is 3.43. The summed E-state index contributed by atoms with van der Waals surface area (Å²) in [5.74, 6) is 0.849. The Labute approximate surface area is 132 Å². The first kappa shape index (κ1) is 22.3. The Morgan fingerprint density at radius 1 is 0.895 bits per heavy atom. The van der Waals surface area contributed by atoms with Crippen molar-refractivity contribution in [3.63, 3.8) is 0 Å². The van der Waals surface area contributed by atoms with Crippen LogP contribution in [0, 0.1) is 0 Å². The lowest BCUT2D eigenvalue weighted by molar-refractivity contribution is 0.0712. The first-order chi connectivity index (χ1) is 9.16. The molecule has 4 nitrogen and oxygen atoms in total. The van der Waals surface area contributed by atoms with Gasteiger partial charge in [-0.2, -0.15) is 24.7 Å². The summed E-state index contributed by atoms with van der Waals surface area (Å²) in [5, 5.41) is 0. The van der Waals surface area contributed by atoms with Gasteiger partial charge in [-0.3, -0.25) is 0 Å². The van der Waals surface area contributed by atoms with Crippen LogP contribution in [0.15, 0.2) is 0 Å². The Bertz CT molecular complexity index is 160. The van der Waals surface area contributed by atoms with Crippen LogP contribution in [0.4, 0.5) is 0 Å². The van der Waals surface area contributed by atoms with Crippen LogP contribution in [0.5, 0.6) is 0 Å². The lowest BCUT2D eigenvalue weighted by Gasteiger charge is -2.28. The fourth-order valence-electron chi connectivity index (χ4n) is 1.39. The second-order valence-corrected chi connectivity index (χ2v) is 8.05. The van der Waals surface area contributed by atoms with Crippen LogP contribution in [0.3, 0.4) is 0 Å². The second kappa shape index (κ2) is 17.0. The molecule has 0 bridgehead atoms. The van der Waals surface area contributed by atoms with Gasteiger partial charge in [0.2, 0.25) is 8.91 Å². The Morgan fingerprint density at radius 3 is 1.58 bits per heavy atom. The van der Waals surface area contributed by atoms with E-state index in [0.717, 1.165) is 24.8 Å². The molecule has 0 fully saturated rings. The highest BCUT2D eigenvalue weighted by atomic mass is 32.3. The average molecular weight is 347 g/mol. The van der Waals surface area contributed by atoms with E-state index < -0.39 is 17.7 Å². The molecule has 118 valence electrons. The minimum absolute atomic E-state index is 0.392. The minimum atomic E-state index is -2.37. The standard InChI is InChI=1S/C9H22O3SSi.C2H8OSSi/c1-4-10-14(11-5-2,12-6-3)9-7-8-13;1-2-3-5-4/h13H,4-9H2,1-3H3;4H,2,5H2,1H3. The van der Waals surface area contributed by atoms with Gasteiger partial charge in [0.05, 0.1) is 0 Å². The monoisotopic (exact) mass is 346 g/mol. The van der Waals surface area contributed by atoms with Gasteiger partial charge in [0.1, 0.15) is 0 Å². The minimum Gasteiger partial charge on any atom is -0.413 e.